The average Bonchev–Trinajstić information content (AvgIpc) is 2.79. The van der Waals surface area contributed by atoms with Crippen molar-refractivity contribution >= 4 is 17.3 Å². The van der Waals surface area contributed by atoms with Gasteiger partial charge < -0.3 is 15.0 Å². The van der Waals surface area contributed by atoms with Crippen LogP contribution in [0.15, 0.2) is 42.5 Å². The van der Waals surface area contributed by atoms with Crippen molar-refractivity contribution in [2.75, 3.05) is 24.5 Å². The zero-order valence-corrected chi connectivity index (χ0v) is 17.9. The fraction of sp³-hybridized carbons (Fsp3) is 0.409. The Morgan fingerprint density at radius 2 is 1.79 bits per heavy atom. The molecular formula is C22H22F5N3O4. The second-order valence-electron chi connectivity index (χ2n) is 7.78. The Hall–Kier alpha value is -3.44. The molecule has 7 nitrogen and oxygen atoms in total. The van der Waals surface area contributed by atoms with Crippen LogP contribution in [0.5, 0.6) is 5.75 Å². The highest BCUT2D eigenvalue weighted by Gasteiger charge is 2.34. The van der Waals surface area contributed by atoms with Crippen LogP contribution >= 0.6 is 0 Å². The number of rotatable bonds is 8. The number of nitro groups is 1. The number of halogens is 5. The second-order valence-corrected chi connectivity index (χ2v) is 7.78. The molecule has 0 aliphatic carbocycles. The Labute approximate surface area is 191 Å². The van der Waals surface area contributed by atoms with Crippen molar-refractivity contribution in [1.82, 2.24) is 5.32 Å². The molecule has 2 aromatic rings. The summed E-state index contributed by atoms with van der Waals surface area (Å²) in [6, 6.07) is 8.52. The fourth-order valence-corrected chi connectivity index (χ4v) is 3.81. The van der Waals surface area contributed by atoms with Crippen LogP contribution in [0.1, 0.15) is 24.0 Å². The van der Waals surface area contributed by atoms with Crippen LogP contribution in [-0.2, 0) is 17.4 Å². The smallest absolute Gasteiger partial charge is 0.416 e. The molecule has 34 heavy (non-hydrogen) atoms. The second kappa shape index (κ2) is 10.7. The number of piperidine rings is 1. The molecule has 1 saturated heterocycles. The fourth-order valence-electron chi connectivity index (χ4n) is 3.81. The SMILES string of the molecule is O=C(NCCc1ccc(OC(F)F)cc1)C1CCN(c2ccc(C(F)(F)F)cc2[N+](=O)[O-])CC1. The molecule has 1 aliphatic rings. The summed E-state index contributed by atoms with van der Waals surface area (Å²) in [7, 11) is 0. The van der Waals surface area contributed by atoms with Gasteiger partial charge >= 0.3 is 12.8 Å². The molecule has 0 unspecified atom stereocenters. The maximum absolute atomic E-state index is 12.9. The van der Waals surface area contributed by atoms with E-state index in [0.717, 1.165) is 17.7 Å². The van der Waals surface area contributed by atoms with E-state index in [9.17, 15) is 36.9 Å². The van der Waals surface area contributed by atoms with Gasteiger partial charge in [-0.05, 0) is 49.1 Å². The van der Waals surface area contributed by atoms with Crippen LogP contribution in [0.3, 0.4) is 0 Å². The van der Waals surface area contributed by atoms with E-state index >= 15 is 0 Å². The number of alkyl halides is 5. The number of nitro benzene ring substituents is 1. The van der Waals surface area contributed by atoms with E-state index in [1.54, 1.807) is 17.0 Å². The molecule has 1 amide bonds. The van der Waals surface area contributed by atoms with Crippen molar-refractivity contribution in [3.8, 4) is 5.75 Å². The molecule has 0 atom stereocenters. The van der Waals surface area contributed by atoms with E-state index in [1.807, 2.05) is 0 Å². The number of anilines is 1. The molecule has 0 saturated carbocycles. The summed E-state index contributed by atoms with van der Waals surface area (Å²) in [6.45, 7) is -1.99. The molecule has 0 spiro atoms. The first-order chi connectivity index (χ1) is 16.0. The molecule has 184 valence electrons. The van der Waals surface area contributed by atoms with Gasteiger partial charge in [-0.15, -0.1) is 0 Å². The molecule has 3 rings (SSSR count). The lowest BCUT2D eigenvalue weighted by molar-refractivity contribution is -0.384. The molecule has 0 radical (unpaired) electrons. The quantitative estimate of drug-likeness (QED) is 0.329. The maximum Gasteiger partial charge on any atom is 0.416 e. The number of amides is 1. The third kappa shape index (κ3) is 6.55. The lowest BCUT2D eigenvalue weighted by atomic mass is 9.95. The Kier molecular flexibility index (Phi) is 7.90. The maximum atomic E-state index is 12.9. The number of ether oxygens (including phenoxy) is 1. The number of hydrogen-bond acceptors (Lipinski definition) is 5. The minimum atomic E-state index is -4.68. The van der Waals surface area contributed by atoms with Gasteiger partial charge in [-0.1, -0.05) is 12.1 Å². The molecule has 1 N–H and O–H groups in total. The lowest BCUT2D eigenvalue weighted by Gasteiger charge is -2.32. The lowest BCUT2D eigenvalue weighted by Crippen LogP contribution is -2.41. The summed E-state index contributed by atoms with van der Waals surface area (Å²) in [5.74, 6) is -0.464. The minimum Gasteiger partial charge on any atom is -0.435 e. The first-order valence-electron chi connectivity index (χ1n) is 10.5. The van der Waals surface area contributed by atoms with Gasteiger partial charge in [0.25, 0.3) is 5.69 Å². The summed E-state index contributed by atoms with van der Waals surface area (Å²) in [5.41, 5.74) is -0.793. The molecule has 2 aromatic carbocycles. The summed E-state index contributed by atoms with van der Waals surface area (Å²) in [4.78, 5) is 24.6. The minimum absolute atomic E-state index is 0.0443. The van der Waals surface area contributed by atoms with Gasteiger partial charge in [-0.25, -0.2) is 0 Å². The highest BCUT2D eigenvalue weighted by molar-refractivity contribution is 5.79. The number of carbonyl (C=O) groups excluding carboxylic acids is 1. The first kappa shape index (κ1) is 25.2. The van der Waals surface area contributed by atoms with Gasteiger partial charge in [0.15, 0.2) is 0 Å². The molecular weight excluding hydrogens is 465 g/mol. The zero-order valence-electron chi connectivity index (χ0n) is 17.9. The first-order valence-corrected chi connectivity index (χ1v) is 10.5. The number of hydrogen-bond donors (Lipinski definition) is 1. The highest BCUT2D eigenvalue weighted by atomic mass is 19.4. The third-order valence-corrected chi connectivity index (χ3v) is 5.57. The summed E-state index contributed by atoms with van der Waals surface area (Å²) >= 11 is 0. The van der Waals surface area contributed by atoms with Gasteiger partial charge in [-0.3, -0.25) is 14.9 Å². The van der Waals surface area contributed by atoms with E-state index in [-0.39, 0.29) is 36.4 Å². The van der Waals surface area contributed by atoms with Crippen molar-refractivity contribution in [1.29, 1.82) is 0 Å². The van der Waals surface area contributed by atoms with Crippen molar-refractivity contribution in [2.45, 2.75) is 32.1 Å². The Balaban J connectivity index is 1.51. The molecule has 0 aromatic heterocycles. The summed E-state index contributed by atoms with van der Waals surface area (Å²) < 4.78 is 67.4. The van der Waals surface area contributed by atoms with Crippen LogP contribution < -0.4 is 15.0 Å². The van der Waals surface area contributed by atoms with Crippen molar-refractivity contribution in [3.63, 3.8) is 0 Å². The predicted octanol–water partition coefficient (Wildman–Crippen LogP) is 4.79. The standard InChI is InChI=1S/C22H22F5N3O4/c23-21(24)34-17-4-1-14(2-5-17)7-10-28-20(31)15-8-11-29(12-9-15)18-6-3-16(22(25,26)27)13-19(18)30(32)33/h1-6,13,15,21H,7-12H2,(H,28,31). The highest BCUT2D eigenvalue weighted by Crippen LogP contribution is 2.37. The summed E-state index contributed by atoms with van der Waals surface area (Å²) in [5, 5.41) is 14.1. The van der Waals surface area contributed by atoms with E-state index in [2.05, 4.69) is 10.1 Å². The van der Waals surface area contributed by atoms with Crippen molar-refractivity contribution in [2.24, 2.45) is 5.92 Å². The van der Waals surface area contributed by atoms with Gasteiger partial charge in [0, 0.05) is 31.6 Å². The Morgan fingerprint density at radius 1 is 1.15 bits per heavy atom. The zero-order chi connectivity index (χ0) is 24.9. The molecule has 1 fully saturated rings. The van der Waals surface area contributed by atoms with Crippen LogP contribution in [0.4, 0.5) is 33.3 Å². The summed E-state index contributed by atoms with van der Waals surface area (Å²) in [6.07, 6.45) is -3.42. The van der Waals surface area contributed by atoms with Crippen LogP contribution in [-0.4, -0.2) is 37.1 Å². The molecule has 1 heterocycles. The normalized spacial score (nSPS) is 14.8. The third-order valence-electron chi connectivity index (χ3n) is 5.57. The number of nitrogens with one attached hydrogen (secondary N) is 1. The van der Waals surface area contributed by atoms with Gasteiger partial charge in [0.1, 0.15) is 11.4 Å². The number of nitrogens with zero attached hydrogens (tertiary/aromatic N) is 2. The van der Waals surface area contributed by atoms with E-state index in [1.165, 1.54) is 12.1 Å². The Morgan fingerprint density at radius 3 is 2.35 bits per heavy atom. The molecule has 1 aliphatic heterocycles. The number of carbonyl (C=O) groups is 1. The van der Waals surface area contributed by atoms with Gasteiger partial charge in [-0.2, -0.15) is 22.0 Å². The van der Waals surface area contributed by atoms with Crippen molar-refractivity contribution in [3.05, 3.63) is 63.7 Å². The largest absolute Gasteiger partial charge is 0.435 e. The van der Waals surface area contributed by atoms with E-state index in [4.69, 9.17) is 0 Å². The van der Waals surface area contributed by atoms with Crippen LogP contribution in [0, 0.1) is 16.0 Å². The number of benzene rings is 2. The van der Waals surface area contributed by atoms with Crippen LogP contribution in [0.25, 0.3) is 0 Å². The van der Waals surface area contributed by atoms with Gasteiger partial charge in [0.05, 0.1) is 10.5 Å². The molecule has 0 bridgehead atoms. The van der Waals surface area contributed by atoms with E-state index < -0.39 is 29.0 Å². The predicted molar refractivity (Wildman–Crippen MR) is 113 cm³/mol. The van der Waals surface area contributed by atoms with Crippen LogP contribution in [0.2, 0.25) is 0 Å². The topological polar surface area (TPSA) is 84.7 Å². The Bertz CT molecular complexity index is 1010. The average molecular weight is 487 g/mol. The van der Waals surface area contributed by atoms with E-state index in [0.29, 0.717) is 31.9 Å². The van der Waals surface area contributed by atoms with Gasteiger partial charge in [0.2, 0.25) is 5.91 Å². The van der Waals surface area contributed by atoms with Crippen molar-refractivity contribution < 1.29 is 36.4 Å². The monoisotopic (exact) mass is 487 g/mol. The molecule has 12 heteroatoms.